The number of sulfone groups is 1. The lowest BCUT2D eigenvalue weighted by molar-refractivity contribution is 0.0168. The molecule has 0 bridgehead atoms. The number of Topliss-reactive ketones (excluding diaryl/α,β-unsaturated/α-hetero) is 1. The van der Waals surface area contributed by atoms with Crippen LogP contribution in [0.3, 0.4) is 0 Å². The first-order chi connectivity index (χ1) is 10.2. The zero-order valence-electron chi connectivity index (χ0n) is 11.6. The van der Waals surface area contributed by atoms with E-state index in [4.69, 9.17) is 0 Å². The molecule has 0 saturated carbocycles. The third-order valence-electron chi connectivity index (χ3n) is 3.75. The average Bonchev–Trinajstić information content (AvgIpc) is 2.68. The lowest BCUT2D eigenvalue weighted by Gasteiger charge is -2.08. The Morgan fingerprint density at radius 3 is 2.18 bits per heavy atom. The average molecular weight is 322 g/mol. The van der Waals surface area contributed by atoms with Gasteiger partial charge in [-0.05, 0) is 28.8 Å². The second kappa shape index (κ2) is 4.71. The van der Waals surface area contributed by atoms with Gasteiger partial charge in [0.15, 0.2) is 9.84 Å². The molecule has 0 heterocycles. The van der Waals surface area contributed by atoms with Gasteiger partial charge in [-0.15, -0.1) is 0 Å². The van der Waals surface area contributed by atoms with Crippen molar-refractivity contribution in [1.29, 1.82) is 0 Å². The van der Waals surface area contributed by atoms with Crippen LogP contribution in [0.15, 0.2) is 47.4 Å². The molecule has 6 heteroatoms. The minimum atomic E-state index is -3.37. The van der Waals surface area contributed by atoms with Crippen LogP contribution >= 0.6 is 0 Å². The summed E-state index contributed by atoms with van der Waals surface area (Å²) in [4.78, 5) is 11.8. The first-order valence-corrected chi connectivity index (χ1v) is 8.44. The molecular weight excluding hydrogens is 310 g/mol. The highest BCUT2D eigenvalue weighted by molar-refractivity contribution is 7.90. The molecule has 0 N–H and O–H groups in total. The molecule has 0 spiro atoms. The summed E-state index contributed by atoms with van der Waals surface area (Å²) in [6.07, 6.45) is 0.479. The van der Waals surface area contributed by atoms with Gasteiger partial charge >= 0.3 is 5.92 Å². The Morgan fingerprint density at radius 2 is 1.59 bits per heavy atom. The summed E-state index contributed by atoms with van der Waals surface area (Å²) in [7, 11) is -3.31. The molecule has 114 valence electrons. The van der Waals surface area contributed by atoms with Crippen LogP contribution in [0.5, 0.6) is 0 Å². The first kappa shape index (κ1) is 14.8. The van der Waals surface area contributed by atoms with Gasteiger partial charge in [-0.3, -0.25) is 4.79 Å². The summed E-state index contributed by atoms with van der Waals surface area (Å²) < 4.78 is 50.1. The van der Waals surface area contributed by atoms with Crippen LogP contribution in [0.1, 0.15) is 15.9 Å². The Morgan fingerprint density at radius 1 is 1.00 bits per heavy atom. The molecule has 0 unspecified atom stereocenters. The predicted octanol–water partition coefficient (Wildman–Crippen LogP) is 3.13. The van der Waals surface area contributed by atoms with Crippen LogP contribution < -0.4 is 0 Å². The Labute approximate surface area is 126 Å². The van der Waals surface area contributed by atoms with Crippen LogP contribution in [0.4, 0.5) is 8.78 Å². The van der Waals surface area contributed by atoms with Crippen molar-refractivity contribution in [2.45, 2.75) is 17.2 Å². The van der Waals surface area contributed by atoms with Gasteiger partial charge in [0.05, 0.1) is 4.90 Å². The number of hydrogen-bond acceptors (Lipinski definition) is 3. The SMILES string of the molecule is CS(=O)(=O)c1ccc(-c2cccc3c2CC(F)(F)C3=O)cc1. The number of carbonyl (C=O) groups excluding carboxylic acids is 1. The van der Waals surface area contributed by atoms with E-state index < -0.39 is 28.0 Å². The normalized spacial score (nSPS) is 16.6. The highest BCUT2D eigenvalue weighted by atomic mass is 32.2. The number of alkyl halides is 2. The lowest BCUT2D eigenvalue weighted by Crippen LogP contribution is -2.23. The highest BCUT2D eigenvalue weighted by Crippen LogP contribution is 2.39. The molecule has 2 aromatic carbocycles. The second-order valence-corrected chi connectivity index (χ2v) is 7.35. The van der Waals surface area contributed by atoms with E-state index >= 15 is 0 Å². The monoisotopic (exact) mass is 322 g/mol. The summed E-state index contributed by atoms with van der Waals surface area (Å²) in [5, 5.41) is 0. The maximum atomic E-state index is 13.6. The van der Waals surface area contributed by atoms with Crippen molar-refractivity contribution in [1.82, 2.24) is 0 Å². The van der Waals surface area contributed by atoms with Crippen molar-refractivity contribution in [2.24, 2.45) is 0 Å². The van der Waals surface area contributed by atoms with Gasteiger partial charge < -0.3 is 0 Å². The van der Waals surface area contributed by atoms with E-state index in [0.717, 1.165) is 6.26 Å². The predicted molar refractivity (Wildman–Crippen MR) is 78.0 cm³/mol. The molecule has 0 amide bonds. The van der Waals surface area contributed by atoms with E-state index in [1.54, 1.807) is 24.3 Å². The molecular formula is C16H12F2O3S. The van der Waals surface area contributed by atoms with Crippen molar-refractivity contribution in [3.63, 3.8) is 0 Å². The van der Waals surface area contributed by atoms with Crippen molar-refractivity contribution < 1.29 is 22.0 Å². The maximum absolute atomic E-state index is 13.6. The van der Waals surface area contributed by atoms with Gasteiger partial charge in [-0.1, -0.05) is 30.3 Å². The fourth-order valence-corrected chi connectivity index (χ4v) is 3.27. The maximum Gasteiger partial charge on any atom is 0.313 e. The summed E-state index contributed by atoms with van der Waals surface area (Å²) in [6.45, 7) is 0. The zero-order valence-corrected chi connectivity index (χ0v) is 12.5. The molecule has 0 aromatic heterocycles. The third kappa shape index (κ3) is 2.33. The fraction of sp³-hybridized carbons (Fsp3) is 0.188. The second-order valence-electron chi connectivity index (χ2n) is 5.34. The van der Waals surface area contributed by atoms with E-state index in [0.29, 0.717) is 16.7 Å². The molecule has 0 saturated heterocycles. The summed E-state index contributed by atoms with van der Waals surface area (Å²) in [6, 6.07) is 10.6. The minimum Gasteiger partial charge on any atom is -0.287 e. The smallest absolute Gasteiger partial charge is 0.287 e. The van der Waals surface area contributed by atoms with E-state index in [2.05, 4.69) is 0 Å². The Balaban J connectivity index is 2.11. The molecule has 1 aliphatic carbocycles. The largest absolute Gasteiger partial charge is 0.313 e. The standard InChI is InChI=1S/C16H12F2O3S/c1-22(20,21)11-7-5-10(6-8-11)12-3-2-4-13-14(12)9-16(17,18)15(13)19/h2-8H,9H2,1H3. The van der Waals surface area contributed by atoms with Gasteiger partial charge in [0, 0.05) is 18.2 Å². The summed E-state index contributed by atoms with van der Waals surface area (Å²) in [5.41, 5.74) is 1.48. The van der Waals surface area contributed by atoms with E-state index in [1.165, 1.54) is 18.2 Å². The van der Waals surface area contributed by atoms with Crippen LogP contribution in [0.2, 0.25) is 0 Å². The van der Waals surface area contributed by atoms with Gasteiger partial charge in [0.1, 0.15) is 0 Å². The number of carbonyl (C=O) groups is 1. The van der Waals surface area contributed by atoms with Gasteiger partial charge in [-0.2, -0.15) is 8.78 Å². The lowest BCUT2D eigenvalue weighted by atomic mass is 9.97. The molecule has 22 heavy (non-hydrogen) atoms. The molecule has 3 rings (SSSR count). The molecule has 0 fully saturated rings. The molecule has 2 aromatic rings. The third-order valence-corrected chi connectivity index (χ3v) is 4.87. The van der Waals surface area contributed by atoms with Gasteiger partial charge in [-0.25, -0.2) is 8.42 Å². The van der Waals surface area contributed by atoms with Crippen LogP contribution in [-0.2, 0) is 16.3 Å². The van der Waals surface area contributed by atoms with Gasteiger partial charge in [0.2, 0.25) is 5.78 Å². The molecule has 3 nitrogen and oxygen atoms in total. The number of hydrogen-bond donors (Lipinski definition) is 0. The number of fused-ring (bicyclic) bond motifs is 1. The van der Waals surface area contributed by atoms with Crippen molar-refractivity contribution in [2.75, 3.05) is 6.26 Å². The van der Waals surface area contributed by atoms with E-state index in [1.807, 2.05) is 0 Å². The Bertz CT molecular complexity index is 869. The Kier molecular flexibility index (Phi) is 3.18. The summed E-state index contributed by atoms with van der Waals surface area (Å²) >= 11 is 0. The number of benzene rings is 2. The van der Waals surface area contributed by atoms with E-state index in [-0.39, 0.29) is 10.5 Å². The minimum absolute atomic E-state index is 0.0367. The van der Waals surface area contributed by atoms with Crippen molar-refractivity contribution in [3.05, 3.63) is 53.6 Å². The molecule has 0 aliphatic heterocycles. The van der Waals surface area contributed by atoms with E-state index in [9.17, 15) is 22.0 Å². The first-order valence-electron chi connectivity index (χ1n) is 6.55. The van der Waals surface area contributed by atoms with Crippen LogP contribution in [0.25, 0.3) is 11.1 Å². The number of rotatable bonds is 2. The molecule has 0 atom stereocenters. The van der Waals surface area contributed by atoms with Crippen molar-refractivity contribution in [3.8, 4) is 11.1 Å². The molecule has 1 aliphatic rings. The Hall–Kier alpha value is -2.08. The summed E-state index contributed by atoms with van der Waals surface area (Å²) in [5.74, 6) is -4.53. The van der Waals surface area contributed by atoms with Crippen LogP contribution in [-0.4, -0.2) is 26.4 Å². The highest BCUT2D eigenvalue weighted by Gasteiger charge is 2.47. The quantitative estimate of drug-likeness (QED) is 0.853. The van der Waals surface area contributed by atoms with Crippen molar-refractivity contribution >= 4 is 15.6 Å². The van der Waals surface area contributed by atoms with Crippen LogP contribution in [0, 0.1) is 0 Å². The number of ketones is 1. The number of halogens is 2. The fourth-order valence-electron chi connectivity index (χ4n) is 2.64. The zero-order chi connectivity index (χ0) is 16.1. The molecule has 0 radical (unpaired) electrons. The topological polar surface area (TPSA) is 51.2 Å². The van der Waals surface area contributed by atoms with Gasteiger partial charge in [0.25, 0.3) is 0 Å².